The smallest absolute Gasteiger partial charge is 0.163 e. The van der Waals surface area contributed by atoms with Crippen LogP contribution in [0.1, 0.15) is 68.3 Å². The molecule has 0 saturated heterocycles. The Morgan fingerprint density at radius 2 is 1.91 bits per heavy atom. The van der Waals surface area contributed by atoms with Gasteiger partial charge in [-0.2, -0.15) is 0 Å². The van der Waals surface area contributed by atoms with Gasteiger partial charge in [-0.1, -0.05) is 0 Å². The zero-order valence-electron chi connectivity index (χ0n) is 20.2. The number of carbonyl (C=O) groups excluding carboxylic acids is 1. The summed E-state index contributed by atoms with van der Waals surface area (Å²) in [5.74, 6) is 0.895. The minimum absolute atomic E-state index is 0.00704. The summed E-state index contributed by atoms with van der Waals surface area (Å²) in [6.07, 6.45) is 5.83. The minimum Gasteiger partial charge on any atom is -0.363 e. The van der Waals surface area contributed by atoms with Crippen molar-refractivity contribution in [2.45, 2.75) is 72.0 Å². The molecule has 32 heavy (non-hydrogen) atoms. The van der Waals surface area contributed by atoms with Gasteiger partial charge in [0.1, 0.15) is 16.8 Å². The number of fused-ring (bicyclic) bond motifs is 3. The second-order valence-corrected chi connectivity index (χ2v) is 11.0. The van der Waals surface area contributed by atoms with Gasteiger partial charge in [-0.3, -0.25) is 4.79 Å². The van der Waals surface area contributed by atoms with E-state index in [2.05, 4.69) is 6.07 Å². The monoisotopic (exact) mass is 451 g/mol. The second kappa shape index (κ2) is 8.56. The molecule has 3 heterocycles. The fraction of sp³-hybridized carbons (Fsp3) is 0.500. The molecule has 0 amide bonds. The number of thiophene rings is 1. The molecular formula is C26H33N3O2S. The quantitative estimate of drug-likeness (QED) is 0.472. The van der Waals surface area contributed by atoms with E-state index in [1.165, 1.54) is 28.7 Å². The molecule has 4 rings (SSSR count). The summed E-state index contributed by atoms with van der Waals surface area (Å²) < 4.78 is 6.35. The van der Waals surface area contributed by atoms with Crippen molar-refractivity contribution >= 4 is 33.2 Å². The number of carbonyl (C=O) groups is 1. The summed E-state index contributed by atoms with van der Waals surface area (Å²) in [5.41, 5.74) is 4.74. The van der Waals surface area contributed by atoms with Crippen LogP contribution in [0.25, 0.3) is 21.3 Å². The number of pyridine rings is 2. The van der Waals surface area contributed by atoms with Gasteiger partial charge < -0.3 is 9.64 Å². The van der Waals surface area contributed by atoms with Gasteiger partial charge in [0.15, 0.2) is 5.78 Å². The highest BCUT2D eigenvalue weighted by atomic mass is 32.1. The van der Waals surface area contributed by atoms with Crippen molar-refractivity contribution in [3.05, 3.63) is 40.0 Å². The number of ether oxygens (including phenoxy) is 1. The first-order chi connectivity index (χ1) is 15.1. The predicted molar refractivity (Wildman–Crippen MR) is 133 cm³/mol. The molecule has 0 N–H and O–H groups in total. The number of Topliss-reactive ketones (excluding diaryl/α,β-unsaturated/α-hetero) is 1. The van der Waals surface area contributed by atoms with E-state index in [0.29, 0.717) is 0 Å². The molecule has 0 aromatic carbocycles. The highest BCUT2D eigenvalue weighted by Crippen LogP contribution is 2.45. The van der Waals surface area contributed by atoms with Gasteiger partial charge in [-0.05, 0) is 78.0 Å². The molecule has 3 aromatic heterocycles. The molecule has 0 unspecified atom stereocenters. The molecule has 1 aliphatic carbocycles. The van der Waals surface area contributed by atoms with Crippen LogP contribution in [-0.4, -0.2) is 35.4 Å². The van der Waals surface area contributed by atoms with Crippen molar-refractivity contribution in [3.8, 4) is 11.1 Å². The third-order valence-corrected chi connectivity index (χ3v) is 7.11. The van der Waals surface area contributed by atoms with Gasteiger partial charge in [-0.15, -0.1) is 11.3 Å². The molecule has 3 aromatic rings. The Hall–Kier alpha value is -2.31. The zero-order valence-corrected chi connectivity index (χ0v) is 21.0. The van der Waals surface area contributed by atoms with Crippen LogP contribution >= 0.6 is 11.3 Å². The maximum Gasteiger partial charge on any atom is 0.163 e. The van der Waals surface area contributed by atoms with Crippen LogP contribution in [0.5, 0.6) is 0 Å². The SMILES string of the molecule is CC(=O)[C@@H](OC(C)(C)C)c1c(C)nc2sc3c(c2c1-c1ccc(N(C)C)nc1)CCCC3. The predicted octanol–water partition coefficient (Wildman–Crippen LogP) is 6.06. The number of hydrogen-bond donors (Lipinski definition) is 0. The van der Waals surface area contributed by atoms with Crippen LogP contribution in [0.4, 0.5) is 5.82 Å². The lowest BCUT2D eigenvalue weighted by atomic mass is 9.87. The molecule has 6 heteroatoms. The third kappa shape index (κ3) is 4.30. The Bertz CT molecular complexity index is 1160. The van der Waals surface area contributed by atoms with Crippen molar-refractivity contribution in [2.24, 2.45) is 0 Å². The largest absolute Gasteiger partial charge is 0.363 e. The zero-order chi connectivity index (χ0) is 23.2. The van der Waals surface area contributed by atoms with Crippen molar-refractivity contribution in [2.75, 3.05) is 19.0 Å². The molecule has 1 aliphatic rings. The number of aryl methyl sites for hydroxylation is 3. The fourth-order valence-electron chi connectivity index (χ4n) is 4.53. The van der Waals surface area contributed by atoms with Gasteiger partial charge in [0.25, 0.3) is 0 Å². The summed E-state index contributed by atoms with van der Waals surface area (Å²) in [7, 11) is 3.97. The number of anilines is 1. The number of nitrogens with zero attached hydrogens (tertiary/aromatic N) is 3. The van der Waals surface area contributed by atoms with Gasteiger partial charge >= 0.3 is 0 Å². The van der Waals surface area contributed by atoms with E-state index in [0.717, 1.165) is 45.9 Å². The van der Waals surface area contributed by atoms with E-state index in [1.54, 1.807) is 6.92 Å². The molecule has 0 radical (unpaired) electrons. The molecule has 1 atom stereocenters. The lowest BCUT2D eigenvalue weighted by Crippen LogP contribution is -2.27. The van der Waals surface area contributed by atoms with E-state index >= 15 is 0 Å². The van der Waals surface area contributed by atoms with Gasteiger partial charge in [0.2, 0.25) is 0 Å². The molecule has 5 nitrogen and oxygen atoms in total. The van der Waals surface area contributed by atoms with E-state index in [9.17, 15) is 4.79 Å². The molecule has 0 bridgehead atoms. The van der Waals surface area contributed by atoms with Crippen molar-refractivity contribution in [3.63, 3.8) is 0 Å². The standard InChI is InChI=1S/C26H33N3O2S/c1-15-21(24(16(2)30)31-26(3,4)5)22(17-12-13-20(27-14-17)29(6)7)23-18-10-8-9-11-19(18)32-25(23)28-15/h12-14,24H,8-11H2,1-7H3/t24-/m1/s1. The normalized spacial score (nSPS) is 15.0. The topological polar surface area (TPSA) is 55.3 Å². The van der Waals surface area contributed by atoms with Gasteiger partial charge in [0.05, 0.1) is 5.60 Å². The number of rotatable bonds is 5. The van der Waals surface area contributed by atoms with Crippen LogP contribution in [0.3, 0.4) is 0 Å². The molecule has 0 fully saturated rings. The highest BCUT2D eigenvalue weighted by molar-refractivity contribution is 7.19. The van der Waals surface area contributed by atoms with E-state index < -0.39 is 11.7 Å². The first kappa shape index (κ1) is 22.9. The van der Waals surface area contributed by atoms with Crippen LogP contribution in [0.15, 0.2) is 18.3 Å². The number of ketones is 1. The van der Waals surface area contributed by atoms with E-state index in [1.807, 2.05) is 70.3 Å². The molecule has 0 spiro atoms. The molecule has 0 aliphatic heterocycles. The third-order valence-electron chi connectivity index (χ3n) is 5.93. The van der Waals surface area contributed by atoms with Crippen molar-refractivity contribution < 1.29 is 9.53 Å². The summed E-state index contributed by atoms with van der Waals surface area (Å²) >= 11 is 1.81. The Morgan fingerprint density at radius 1 is 1.19 bits per heavy atom. The summed E-state index contributed by atoms with van der Waals surface area (Å²) in [6.45, 7) is 9.58. The Labute approximate surface area is 194 Å². The molecule has 170 valence electrons. The second-order valence-electron chi connectivity index (χ2n) is 9.90. The lowest BCUT2D eigenvalue weighted by Gasteiger charge is -2.29. The summed E-state index contributed by atoms with van der Waals surface area (Å²) in [5, 5.41) is 1.19. The number of hydrogen-bond acceptors (Lipinski definition) is 6. The van der Waals surface area contributed by atoms with Crippen molar-refractivity contribution in [1.29, 1.82) is 0 Å². The Kier molecular flexibility index (Phi) is 6.12. The Balaban J connectivity index is 2.05. The number of aromatic nitrogens is 2. The Morgan fingerprint density at radius 3 is 2.50 bits per heavy atom. The maximum atomic E-state index is 12.9. The van der Waals surface area contributed by atoms with E-state index in [-0.39, 0.29) is 5.78 Å². The van der Waals surface area contributed by atoms with Crippen LogP contribution in [-0.2, 0) is 22.4 Å². The fourth-order valence-corrected chi connectivity index (χ4v) is 5.85. The van der Waals surface area contributed by atoms with Crippen LogP contribution < -0.4 is 4.90 Å². The summed E-state index contributed by atoms with van der Waals surface area (Å²) in [4.78, 5) is 27.1. The van der Waals surface area contributed by atoms with Gasteiger partial charge in [0, 0.05) is 52.9 Å². The lowest BCUT2D eigenvalue weighted by molar-refractivity contribution is -0.138. The average molecular weight is 452 g/mol. The minimum atomic E-state index is -0.672. The first-order valence-corrected chi connectivity index (χ1v) is 12.1. The highest BCUT2D eigenvalue weighted by Gasteiger charge is 2.32. The van der Waals surface area contributed by atoms with Crippen LogP contribution in [0, 0.1) is 6.92 Å². The van der Waals surface area contributed by atoms with Crippen LogP contribution in [0.2, 0.25) is 0 Å². The van der Waals surface area contributed by atoms with Gasteiger partial charge in [-0.25, -0.2) is 9.97 Å². The van der Waals surface area contributed by atoms with E-state index in [4.69, 9.17) is 14.7 Å². The first-order valence-electron chi connectivity index (χ1n) is 11.3. The summed E-state index contributed by atoms with van der Waals surface area (Å²) in [6, 6.07) is 4.15. The molecule has 0 saturated carbocycles. The average Bonchev–Trinajstić information content (AvgIpc) is 3.08. The maximum absolute atomic E-state index is 12.9. The van der Waals surface area contributed by atoms with Crippen molar-refractivity contribution in [1.82, 2.24) is 9.97 Å². The molecular weight excluding hydrogens is 418 g/mol.